The van der Waals surface area contributed by atoms with Gasteiger partial charge in [0.25, 0.3) is 0 Å². The van der Waals surface area contributed by atoms with E-state index in [0.29, 0.717) is 6.54 Å². The Morgan fingerprint density at radius 1 is 0.833 bits per heavy atom. The predicted molar refractivity (Wildman–Crippen MR) is 111 cm³/mol. The number of carbonyl (C=O) groups is 3. The summed E-state index contributed by atoms with van der Waals surface area (Å²) in [6.07, 6.45) is 0. The van der Waals surface area contributed by atoms with E-state index >= 15 is 0 Å². The fourth-order valence-electron chi connectivity index (χ4n) is 2.88. The highest BCUT2D eigenvalue weighted by atomic mass is 16.4. The number of phenols is 1. The highest BCUT2D eigenvalue weighted by molar-refractivity contribution is 6.27. The van der Waals surface area contributed by atoms with E-state index in [0.717, 1.165) is 37.6 Å². The molecular formula is C21H25N3O6. The van der Waals surface area contributed by atoms with Crippen molar-refractivity contribution in [1.82, 2.24) is 9.80 Å². The zero-order chi connectivity index (χ0) is 22.1. The molecule has 1 fully saturated rings. The van der Waals surface area contributed by atoms with E-state index in [1.165, 1.54) is 0 Å². The van der Waals surface area contributed by atoms with Crippen molar-refractivity contribution >= 4 is 29.2 Å². The SMILES string of the molecule is CN1CCN(CC(=O)N(c2ccccc2)c2ccc(O)cc2)CC1.O=C(O)C(=O)O. The lowest BCUT2D eigenvalue weighted by molar-refractivity contribution is -0.159. The maximum Gasteiger partial charge on any atom is 0.414 e. The molecule has 1 aliphatic heterocycles. The smallest absolute Gasteiger partial charge is 0.414 e. The number of likely N-dealkylation sites (N-methyl/N-ethyl adjacent to an activating group) is 1. The molecule has 0 aromatic heterocycles. The van der Waals surface area contributed by atoms with Gasteiger partial charge in [-0.05, 0) is 43.4 Å². The van der Waals surface area contributed by atoms with Gasteiger partial charge in [-0.25, -0.2) is 9.59 Å². The van der Waals surface area contributed by atoms with E-state index in [-0.39, 0.29) is 11.7 Å². The minimum atomic E-state index is -1.82. The number of rotatable bonds is 4. The van der Waals surface area contributed by atoms with Crippen LogP contribution in [0.25, 0.3) is 0 Å². The average molecular weight is 415 g/mol. The fraction of sp³-hybridized carbons (Fsp3) is 0.286. The number of carbonyl (C=O) groups excluding carboxylic acids is 1. The Morgan fingerprint density at radius 2 is 1.33 bits per heavy atom. The number of hydrogen-bond acceptors (Lipinski definition) is 6. The third-order valence-electron chi connectivity index (χ3n) is 4.51. The number of piperazine rings is 1. The molecule has 9 heteroatoms. The van der Waals surface area contributed by atoms with Gasteiger partial charge in [-0.2, -0.15) is 0 Å². The fourth-order valence-corrected chi connectivity index (χ4v) is 2.88. The van der Waals surface area contributed by atoms with Gasteiger partial charge < -0.3 is 20.2 Å². The maximum absolute atomic E-state index is 13.0. The molecule has 0 radical (unpaired) electrons. The topological polar surface area (TPSA) is 122 Å². The van der Waals surface area contributed by atoms with Crippen LogP contribution in [0.1, 0.15) is 0 Å². The van der Waals surface area contributed by atoms with Crippen LogP contribution in [0.5, 0.6) is 5.75 Å². The minimum Gasteiger partial charge on any atom is -0.508 e. The Hall–Kier alpha value is -3.43. The van der Waals surface area contributed by atoms with Gasteiger partial charge >= 0.3 is 11.9 Å². The van der Waals surface area contributed by atoms with Gasteiger partial charge in [0.1, 0.15) is 5.75 Å². The Kier molecular flexibility index (Phi) is 8.33. The van der Waals surface area contributed by atoms with Crippen LogP contribution >= 0.6 is 0 Å². The van der Waals surface area contributed by atoms with E-state index in [9.17, 15) is 9.90 Å². The van der Waals surface area contributed by atoms with Crippen molar-refractivity contribution < 1.29 is 29.7 Å². The number of anilines is 2. The number of hydrogen-bond donors (Lipinski definition) is 3. The zero-order valence-corrected chi connectivity index (χ0v) is 16.6. The highest BCUT2D eigenvalue weighted by Gasteiger charge is 2.22. The Balaban J connectivity index is 0.000000469. The molecule has 0 aliphatic carbocycles. The summed E-state index contributed by atoms with van der Waals surface area (Å²) in [5.41, 5.74) is 1.60. The van der Waals surface area contributed by atoms with Crippen molar-refractivity contribution in [2.45, 2.75) is 0 Å². The maximum atomic E-state index is 13.0. The third-order valence-corrected chi connectivity index (χ3v) is 4.51. The van der Waals surface area contributed by atoms with E-state index in [1.54, 1.807) is 29.2 Å². The van der Waals surface area contributed by atoms with E-state index in [2.05, 4.69) is 16.8 Å². The Labute approximate surface area is 174 Å². The largest absolute Gasteiger partial charge is 0.508 e. The van der Waals surface area contributed by atoms with Gasteiger partial charge in [-0.15, -0.1) is 0 Å². The monoisotopic (exact) mass is 415 g/mol. The number of benzene rings is 2. The second-order valence-electron chi connectivity index (χ2n) is 6.77. The lowest BCUT2D eigenvalue weighted by Crippen LogP contribution is -2.48. The summed E-state index contributed by atoms with van der Waals surface area (Å²) in [4.78, 5) is 37.4. The zero-order valence-electron chi connectivity index (χ0n) is 16.6. The summed E-state index contributed by atoms with van der Waals surface area (Å²) in [5.74, 6) is -3.42. The molecule has 1 amide bonds. The minimum absolute atomic E-state index is 0.0384. The van der Waals surface area contributed by atoms with Gasteiger partial charge in [0.2, 0.25) is 5.91 Å². The van der Waals surface area contributed by atoms with Crippen LogP contribution in [0.3, 0.4) is 0 Å². The number of phenolic OH excluding ortho intramolecular Hbond substituents is 1. The van der Waals surface area contributed by atoms with Crippen molar-refractivity contribution in [1.29, 1.82) is 0 Å². The van der Waals surface area contributed by atoms with Crippen LogP contribution in [-0.2, 0) is 14.4 Å². The molecule has 0 spiro atoms. The quantitative estimate of drug-likeness (QED) is 0.642. The molecule has 1 aliphatic rings. The second kappa shape index (κ2) is 10.9. The number of nitrogens with zero attached hydrogens (tertiary/aromatic N) is 3. The molecule has 0 saturated carbocycles. The Bertz CT molecular complexity index is 837. The van der Waals surface area contributed by atoms with E-state index in [4.69, 9.17) is 19.8 Å². The molecule has 30 heavy (non-hydrogen) atoms. The van der Waals surface area contributed by atoms with Crippen molar-refractivity contribution in [3.8, 4) is 5.75 Å². The molecular weight excluding hydrogens is 390 g/mol. The molecule has 1 saturated heterocycles. The number of para-hydroxylation sites is 1. The van der Waals surface area contributed by atoms with Crippen LogP contribution in [0.2, 0.25) is 0 Å². The molecule has 2 aromatic rings. The molecule has 0 atom stereocenters. The van der Waals surface area contributed by atoms with Gasteiger partial charge in [0.05, 0.1) is 6.54 Å². The highest BCUT2D eigenvalue weighted by Crippen LogP contribution is 2.27. The third kappa shape index (κ3) is 6.87. The lowest BCUT2D eigenvalue weighted by atomic mass is 10.2. The van der Waals surface area contributed by atoms with Crippen LogP contribution < -0.4 is 4.90 Å². The first-order valence-electron chi connectivity index (χ1n) is 9.32. The van der Waals surface area contributed by atoms with Crippen molar-refractivity contribution in [2.75, 3.05) is 44.7 Å². The van der Waals surface area contributed by atoms with Crippen LogP contribution in [0, 0.1) is 0 Å². The summed E-state index contributed by atoms with van der Waals surface area (Å²) in [6, 6.07) is 16.4. The molecule has 3 rings (SSSR count). The summed E-state index contributed by atoms with van der Waals surface area (Å²) in [5, 5.41) is 24.3. The van der Waals surface area contributed by atoms with Gasteiger partial charge in [0.15, 0.2) is 0 Å². The first-order chi connectivity index (χ1) is 14.3. The number of aromatic hydroxyl groups is 1. The summed E-state index contributed by atoms with van der Waals surface area (Å²) < 4.78 is 0. The van der Waals surface area contributed by atoms with Crippen molar-refractivity contribution in [3.63, 3.8) is 0 Å². The van der Waals surface area contributed by atoms with Crippen molar-refractivity contribution in [3.05, 3.63) is 54.6 Å². The molecule has 9 nitrogen and oxygen atoms in total. The van der Waals surface area contributed by atoms with Crippen LogP contribution in [0.15, 0.2) is 54.6 Å². The van der Waals surface area contributed by atoms with Crippen LogP contribution in [-0.4, -0.2) is 82.7 Å². The van der Waals surface area contributed by atoms with Crippen molar-refractivity contribution in [2.24, 2.45) is 0 Å². The summed E-state index contributed by atoms with van der Waals surface area (Å²) in [7, 11) is 2.10. The molecule has 2 aromatic carbocycles. The van der Waals surface area contributed by atoms with E-state index < -0.39 is 11.9 Å². The van der Waals surface area contributed by atoms with Crippen LogP contribution in [0.4, 0.5) is 11.4 Å². The molecule has 0 bridgehead atoms. The first kappa shape index (κ1) is 22.9. The number of carboxylic acid groups (broad SMARTS) is 2. The Morgan fingerprint density at radius 3 is 1.83 bits per heavy atom. The normalized spacial score (nSPS) is 14.3. The number of amides is 1. The summed E-state index contributed by atoms with van der Waals surface area (Å²) >= 11 is 0. The number of carboxylic acids is 2. The standard InChI is InChI=1S/C19H23N3O2.C2H2O4/c1-20-11-13-21(14-12-20)15-19(24)22(16-5-3-2-4-6-16)17-7-9-18(23)10-8-17;3-1(4)2(5)6/h2-10,23H,11-15H2,1H3;(H,3,4)(H,5,6). The van der Waals surface area contributed by atoms with Gasteiger partial charge in [-0.1, -0.05) is 18.2 Å². The van der Waals surface area contributed by atoms with E-state index in [1.807, 2.05) is 30.3 Å². The lowest BCUT2D eigenvalue weighted by Gasteiger charge is -2.33. The molecule has 1 heterocycles. The molecule has 3 N–H and O–H groups in total. The predicted octanol–water partition coefficient (Wildman–Crippen LogP) is 1.46. The molecule has 160 valence electrons. The van der Waals surface area contributed by atoms with Gasteiger partial charge in [-0.3, -0.25) is 14.6 Å². The molecule has 0 unspecified atom stereocenters. The second-order valence-corrected chi connectivity index (χ2v) is 6.77. The average Bonchev–Trinajstić information content (AvgIpc) is 2.72. The first-order valence-corrected chi connectivity index (χ1v) is 9.32. The number of aliphatic carboxylic acids is 2. The van der Waals surface area contributed by atoms with Gasteiger partial charge in [0, 0.05) is 37.6 Å². The summed E-state index contributed by atoms with van der Waals surface area (Å²) in [6.45, 7) is 4.17.